The van der Waals surface area contributed by atoms with Crippen molar-refractivity contribution in [1.82, 2.24) is 10.3 Å². The monoisotopic (exact) mass is 354 g/mol. The second-order valence-electron chi connectivity index (χ2n) is 6.62. The first kappa shape index (κ1) is 19.6. The van der Waals surface area contributed by atoms with E-state index in [2.05, 4.69) is 10.3 Å². The SMILES string of the molecule is CCCC(C)(N)C(=O)NCc1ccc(N(C)C(=O)c2ccncc2)cc1. The van der Waals surface area contributed by atoms with Crippen molar-refractivity contribution in [2.24, 2.45) is 5.73 Å². The van der Waals surface area contributed by atoms with E-state index in [1.807, 2.05) is 31.2 Å². The summed E-state index contributed by atoms with van der Waals surface area (Å²) in [6.07, 6.45) is 4.68. The zero-order valence-electron chi connectivity index (χ0n) is 15.5. The van der Waals surface area contributed by atoms with Gasteiger partial charge in [-0.2, -0.15) is 0 Å². The summed E-state index contributed by atoms with van der Waals surface area (Å²) in [5, 5.41) is 2.87. The average Bonchev–Trinajstić information content (AvgIpc) is 2.66. The third-order valence-corrected chi connectivity index (χ3v) is 4.30. The molecule has 26 heavy (non-hydrogen) atoms. The molecule has 1 heterocycles. The third-order valence-electron chi connectivity index (χ3n) is 4.30. The highest BCUT2D eigenvalue weighted by Crippen LogP contribution is 2.17. The smallest absolute Gasteiger partial charge is 0.258 e. The van der Waals surface area contributed by atoms with E-state index in [-0.39, 0.29) is 11.8 Å². The topological polar surface area (TPSA) is 88.3 Å². The van der Waals surface area contributed by atoms with Crippen molar-refractivity contribution in [3.05, 3.63) is 59.9 Å². The first-order valence-corrected chi connectivity index (χ1v) is 8.69. The molecular formula is C20H26N4O2. The predicted molar refractivity (Wildman–Crippen MR) is 103 cm³/mol. The van der Waals surface area contributed by atoms with E-state index in [1.54, 1.807) is 43.4 Å². The molecule has 0 spiro atoms. The molecule has 2 amide bonds. The first-order chi connectivity index (χ1) is 12.3. The summed E-state index contributed by atoms with van der Waals surface area (Å²) in [6, 6.07) is 10.9. The molecular weight excluding hydrogens is 328 g/mol. The van der Waals surface area contributed by atoms with E-state index in [0.717, 1.165) is 17.7 Å². The van der Waals surface area contributed by atoms with E-state index in [1.165, 1.54) is 0 Å². The number of nitrogens with two attached hydrogens (primary N) is 1. The number of pyridine rings is 1. The van der Waals surface area contributed by atoms with E-state index in [9.17, 15) is 9.59 Å². The van der Waals surface area contributed by atoms with Crippen LogP contribution in [0.15, 0.2) is 48.8 Å². The Morgan fingerprint density at radius 1 is 1.15 bits per heavy atom. The van der Waals surface area contributed by atoms with Gasteiger partial charge in [-0.3, -0.25) is 14.6 Å². The number of carbonyl (C=O) groups excluding carboxylic acids is 2. The minimum absolute atomic E-state index is 0.105. The molecule has 1 unspecified atom stereocenters. The Bertz CT molecular complexity index is 742. The fourth-order valence-electron chi connectivity index (χ4n) is 2.66. The summed E-state index contributed by atoms with van der Waals surface area (Å²) in [7, 11) is 1.73. The number of hydrogen-bond acceptors (Lipinski definition) is 4. The maximum Gasteiger partial charge on any atom is 0.258 e. The molecule has 6 heteroatoms. The predicted octanol–water partition coefficient (Wildman–Crippen LogP) is 2.49. The van der Waals surface area contributed by atoms with Gasteiger partial charge in [0.25, 0.3) is 5.91 Å². The zero-order valence-corrected chi connectivity index (χ0v) is 15.5. The maximum atomic E-state index is 12.4. The first-order valence-electron chi connectivity index (χ1n) is 8.69. The normalized spacial score (nSPS) is 12.9. The Labute approximate surface area is 154 Å². The second-order valence-corrected chi connectivity index (χ2v) is 6.62. The highest BCUT2D eigenvalue weighted by Gasteiger charge is 2.26. The van der Waals surface area contributed by atoms with Crippen LogP contribution < -0.4 is 16.0 Å². The van der Waals surface area contributed by atoms with Gasteiger partial charge in [0.05, 0.1) is 5.54 Å². The fraction of sp³-hybridized carbons (Fsp3) is 0.350. The number of anilines is 1. The van der Waals surface area contributed by atoms with Gasteiger partial charge in [0.2, 0.25) is 5.91 Å². The molecule has 0 saturated heterocycles. The quantitative estimate of drug-likeness (QED) is 0.799. The summed E-state index contributed by atoms with van der Waals surface area (Å²) in [5.41, 5.74) is 7.47. The van der Waals surface area contributed by atoms with E-state index >= 15 is 0 Å². The van der Waals surface area contributed by atoms with Gasteiger partial charge in [0, 0.05) is 37.2 Å². The third kappa shape index (κ3) is 4.89. The molecule has 0 radical (unpaired) electrons. The molecule has 1 atom stereocenters. The van der Waals surface area contributed by atoms with Crippen molar-refractivity contribution in [2.75, 3.05) is 11.9 Å². The van der Waals surface area contributed by atoms with Crippen LogP contribution in [0.1, 0.15) is 42.6 Å². The van der Waals surface area contributed by atoms with E-state index in [4.69, 9.17) is 5.73 Å². The van der Waals surface area contributed by atoms with Crippen molar-refractivity contribution in [3.63, 3.8) is 0 Å². The molecule has 1 aromatic carbocycles. The Morgan fingerprint density at radius 3 is 2.35 bits per heavy atom. The van der Waals surface area contributed by atoms with Crippen molar-refractivity contribution in [2.45, 2.75) is 38.8 Å². The van der Waals surface area contributed by atoms with Crippen LogP contribution >= 0.6 is 0 Å². The lowest BCUT2D eigenvalue weighted by Gasteiger charge is -2.23. The van der Waals surface area contributed by atoms with E-state index < -0.39 is 5.54 Å². The largest absolute Gasteiger partial charge is 0.350 e. The number of aromatic nitrogens is 1. The molecule has 1 aromatic heterocycles. The molecule has 2 aromatic rings. The number of nitrogens with one attached hydrogen (secondary N) is 1. The molecule has 3 N–H and O–H groups in total. The Hall–Kier alpha value is -2.73. The van der Waals surface area contributed by atoms with Crippen LogP contribution in [0.2, 0.25) is 0 Å². The minimum Gasteiger partial charge on any atom is -0.350 e. The molecule has 0 saturated carbocycles. The molecule has 0 aliphatic carbocycles. The van der Waals surface area contributed by atoms with Gasteiger partial charge >= 0.3 is 0 Å². The molecule has 0 fully saturated rings. The lowest BCUT2D eigenvalue weighted by molar-refractivity contribution is -0.126. The molecule has 138 valence electrons. The molecule has 0 aliphatic rings. The zero-order chi connectivity index (χ0) is 19.2. The van der Waals surface area contributed by atoms with Crippen molar-refractivity contribution >= 4 is 17.5 Å². The average molecular weight is 354 g/mol. The van der Waals surface area contributed by atoms with E-state index in [0.29, 0.717) is 18.5 Å². The van der Waals surface area contributed by atoms with Gasteiger partial charge in [-0.1, -0.05) is 25.5 Å². The van der Waals surface area contributed by atoms with Gasteiger partial charge in [-0.25, -0.2) is 0 Å². The lowest BCUT2D eigenvalue weighted by Crippen LogP contribution is -2.51. The van der Waals surface area contributed by atoms with Crippen LogP contribution in [0.3, 0.4) is 0 Å². The van der Waals surface area contributed by atoms with Crippen LogP contribution in [0, 0.1) is 0 Å². The number of rotatable bonds is 7. The number of amides is 2. The van der Waals surface area contributed by atoms with Crippen molar-refractivity contribution in [3.8, 4) is 0 Å². The van der Waals surface area contributed by atoms with Gasteiger partial charge < -0.3 is 16.0 Å². The summed E-state index contributed by atoms with van der Waals surface area (Å²) in [4.78, 5) is 30.1. The number of nitrogens with zero attached hydrogens (tertiary/aromatic N) is 2. The molecule has 0 aliphatic heterocycles. The van der Waals surface area contributed by atoms with Crippen LogP contribution in [0.4, 0.5) is 5.69 Å². The van der Waals surface area contributed by atoms with Gasteiger partial charge in [-0.05, 0) is 43.2 Å². The minimum atomic E-state index is -0.855. The summed E-state index contributed by atoms with van der Waals surface area (Å²) < 4.78 is 0. The highest BCUT2D eigenvalue weighted by molar-refractivity contribution is 6.05. The Morgan fingerprint density at radius 2 is 1.77 bits per heavy atom. The second kappa shape index (κ2) is 8.58. The van der Waals surface area contributed by atoms with Crippen LogP contribution in [-0.2, 0) is 11.3 Å². The van der Waals surface area contributed by atoms with Crippen LogP contribution in [0.25, 0.3) is 0 Å². The van der Waals surface area contributed by atoms with Crippen LogP contribution in [-0.4, -0.2) is 29.4 Å². The fourth-order valence-corrected chi connectivity index (χ4v) is 2.66. The standard InChI is InChI=1S/C20H26N4O2/c1-4-11-20(2,21)19(26)23-14-15-5-7-17(8-6-15)24(3)18(25)16-9-12-22-13-10-16/h5-10,12-13H,4,11,14,21H2,1-3H3,(H,23,26). The molecule has 6 nitrogen and oxygen atoms in total. The maximum absolute atomic E-state index is 12.4. The lowest BCUT2D eigenvalue weighted by atomic mass is 9.96. The van der Waals surface area contributed by atoms with Crippen LogP contribution in [0.5, 0.6) is 0 Å². The molecule has 0 bridgehead atoms. The number of hydrogen-bond donors (Lipinski definition) is 2. The van der Waals surface area contributed by atoms with Gasteiger partial charge in [0.15, 0.2) is 0 Å². The Balaban J connectivity index is 1.98. The van der Waals surface area contributed by atoms with Crippen molar-refractivity contribution in [1.29, 1.82) is 0 Å². The summed E-state index contributed by atoms with van der Waals surface area (Å²) in [5.74, 6) is -0.264. The highest BCUT2D eigenvalue weighted by atomic mass is 16.2. The summed E-state index contributed by atoms with van der Waals surface area (Å²) in [6.45, 7) is 4.15. The number of carbonyl (C=O) groups is 2. The van der Waals surface area contributed by atoms with Gasteiger partial charge in [-0.15, -0.1) is 0 Å². The van der Waals surface area contributed by atoms with Gasteiger partial charge in [0.1, 0.15) is 0 Å². The number of benzene rings is 1. The molecule has 2 rings (SSSR count). The summed E-state index contributed by atoms with van der Waals surface area (Å²) >= 11 is 0. The van der Waals surface area contributed by atoms with Crippen molar-refractivity contribution < 1.29 is 9.59 Å². The Kier molecular flexibility index (Phi) is 6.46.